The van der Waals surface area contributed by atoms with Gasteiger partial charge in [-0.25, -0.2) is 8.78 Å². The summed E-state index contributed by atoms with van der Waals surface area (Å²) in [6, 6.07) is 5.49. The Bertz CT molecular complexity index is 685. The molecule has 9 heteroatoms. The average Bonchev–Trinajstić information content (AvgIpc) is 3.05. The first-order valence-electron chi connectivity index (χ1n) is 8.64. The Balaban J connectivity index is 1.88. The summed E-state index contributed by atoms with van der Waals surface area (Å²) in [7, 11) is 3.10. The van der Waals surface area contributed by atoms with E-state index in [9.17, 15) is 18.4 Å². The molecule has 0 aliphatic carbocycles. The van der Waals surface area contributed by atoms with Gasteiger partial charge in [-0.2, -0.15) is 0 Å². The molecule has 150 valence electrons. The standard InChI is InChI=1S/C18H25F2N3O4/c1-26-14-4-3-12(7-15(14)27-2)5-6-23-9-13(8-16(23)24)17(25)22-11-18(19,20)10-21/h3-4,7,13H,5-6,8-11,21H2,1-2H3,(H,22,25). The van der Waals surface area contributed by atoms with Crippen LogP contribution in [0.3, 0.4) is 0 Å². The smallest absolute Gasteiger partial charge is 0.277 e. The molecule has 27 heavy (non-hydrogen) atoms. The van der Waals surface area contributed by atoms with Crippen LogP contribution in [-0.4, -0.2) is 63.0 Å². The third-order valence-electron chi connectivity index (χ3n) is 4.52. The van der Waals surface area contributed by atoms with Gasteiger partial charge in [0.05, 0.1) is 33.2 Å². The summed E-state index contributed by atoms with van der Waals surface area (Å²) in [4.78, 5) is 25.7. The van der Waals surface area contributed by atoms with E-state index in [0.29, 0.717) is 24.5 Å². The zero-order chi connectivity index (χ0) is 20.0. The third kappa shape index (κ3) is 5.53. The second-order valence-electron chi connectivity index (χ2n) is 6.46. The fourth-order valence-electron chi connectivity index (χ4n) is 2.90. The molecule has 0 radical (unpaired) electrons. The molecule has 0 spiro atoms. The van der Waals surface area contributed by atoms with Crippen molar-refractivity contribution >= 4 is 11.8 Å². The minimum atomic E-state index is -3.15. The Morgan fingerprint density at radius 2 is 2.04 bits per heavy atom. The van der Waals surface area contributed by atoms with E-state index < -0.39 is 30.8 Å². The summed E-state index contributed by atoms with van der Waals surface area (Å²) in [5, 5.41) is 2.18. The first-order valence-corrected chi connectivity index (χ1v) is 8.64. The summed E-state index contributed by atoms with van der Waals surface area (Å²) in [5.41, 5.74) is 5.90. The van der Waals surface area contributed by atoms with Gasteiger partial charge in [-0.3, -0.25) is 9.59 Å². The number of hydrogen-bond donors (Lipinski definition) is 2. The van der Waals surface area contributed by atoms with E-state index in [1.165, 1.54) is 0 Å². The first-order chi connectivity index (χ1) is 12.8. The maximum absolute atomic E-state index is 13.1. The van der Waals surface area contributed by atoms with Crippen molar-refractivity contribution in [2.75, 3.05) is 40.4 Å². The lowest BCUT2D eigenvalue weighted by molar-refractivity contribution is -0.129. The molecule has 0 saturated carbocycles. The van der Waals surface area contributed by atoms with Crippen LogP contribution in [0.1, 0.15) is 12.0 Å². The number of methoxy groups -OCH3 is 2. The van der Waals surface area contributed by atoms with Gasteiger partial charge in [0.15, 0.2) is 11.5 Å². The number of ether oxygens (including phenoxy) is 2. The summed E-state index contributed by atoms with van der Waals surface area (Å²) >= 11 is 0. The molecule has 0 aromatic heterocycles. The molecule has 1 fully saturated rings. The summed E-state index contributed by atoms with van der Waals surface area (Å²) in [5.74, 6) is -3.28. The number of nitrogens with zero attached hydrogens (tertiary/aromatic N) is 1. The number of hydrogen-bond acceptors (Lipinski definition) is 5. The number of carbonyl (C=O) groups is 2. The van der Waals surface area contributed by atoms with E-state index in [1.54, 1.807) is 25.2 Å². The van der Waals surface area contributed by atoms with Crippen LogP contribution >= 0.6 is 0 Å². The van der Waals surface area contributed by atoms with E-state index in [-0.39, 0.29) is 18.9 Å². The van der Waals surface area contributed by atoms with Gasteiger partial charge >= 0.3 is 0 Å². The number of nitrogens with two attached hydrogens (primary N) is 1. The lowest BCUT2D eigenvalue weighted by Crippen LogP contribution is -2.44. The number of carbonyl (C=O) groups excluding carboxylic acids is 2. The average molecular weight is 385 g/mol. The van der Waals surface area contributed by atoms with Crippen molar-refractivity contribution in [1.82, 2.24) is 10.2 Å². The molecule has 1 heterocycles. The predicted molar refractivity (Wildman–Crippen MR) is 94.9 cm³/mol. The molecule has 1 aliphatic rings. The van der Waals surface area contributed by atoms with E-state index in [0.717, 1.165) is 5.56 Å². The van der Waals surface area contributed by atoms with Crippen LogP contribution in [0.15, 0.2) is 18.2 Å². The van der Waals surface area contributed by atoms with Gasteiger partial charge in [0, 0.05) is 19.5 Å². The SMILES string of the molecule is COc1ccc(CCN2CC(C(=O)NCC(F)(F)CN)CC2=O)cc1OC. The van der Waals surface area contributed by atoms with Crippen LogP contribution < -0.4 is 20.5 Å². The normalized spacial score (nSPS) is 17.1. The summed E-state index contributed by atoms with van der Waals surface area (Å²) in [6.45, 7) is -1.02. The highest BCUT2D eigenvalue weighted by Crippen LogP contribution is 2.28. The molecule has 0 bridgehead atoms. The van der Waals surface area contributed by atoms with E-state index in [2.05, 4.69) is 5.32 Å². The van der Waals surface area contributed by atoms with Crippen LogP contribution in [0.2, 0.25) is 0 Å². The Kier molecular flexibility index (Phi) is 6.95. The highest BCUT2D eigenvalue weighted by atomic mass is 19.3. The highest BCUT2D eigenvalue weighted by Gasteiger charge is 2.35. The van der Waals surface area contributed by atoms with Crippen LogP contribution in [0.25, 0.3) is 0 Å². The van der Waals surface area contributed by atoms with E-state index in [4.69, 9.17) is 15.2 Å². The third-order valence-corrected chi connectivity index (χ3v) is 4.52. The number of benzene rings is 1. The Morgan fingerprint density at radius 1 is 1.33 bits per heavy atom. The van der Waals surface area contributed by atoms with Crippen LogP contribution in [0.4, 0.5) is 8.78 Å². The second-order valence-corrected chi connectivity index (χ2v) is 6.46. The molecule has 1 unspecified atom stereocenters. The lowest BCUT2D eigenvalue weighted by Gasteiger charge is -2.18. The largest absolute Gasteiger partial charge is 0.493 e. The molecule has 1 aliphatic heterocycles. The molecule has 1 saturated heterocycles. The Hall–Kier alpha value is -2.42. The monoisotopic (exact) mass is 385 g/mol. The van der Waals surface area contributed by atoms with Crippen LogP contribution in [0.5, 0.6) is 11.5 Å². The van der Waals surface area contributed by atoms with Gasteiger partial charge in [-0.15, -0.1) is 0 Å². The van der Waals surface area contributed by atoms with Crippen molar-refractivity contribution in [3.63, 3.8) is 0 Å². The molecule has 1 aromatic rings. The van der Waals surface area contributed by atoms with Gasteiger partial charge in [0.2, 0.25) is 11.8 Å². The minimum absolute atomic E-state index is 0.0198. The van der Waals surface area contributed by atoms with Gasteiger partial charge in [-0.05, 0) is 24.1 Å². The van der Waals surface area contributed by atoms with Crippen LogP contribution in [0, 0.1) is 5.92 Å². The molecular weight excluding hydrogens is 360 g/mol. The topological polar surface area (TPSA) is 93.9 Å². The number of likely N-dealkylation sites (tertiary alicyclic amines) is 1. The molecule has 3 N–H and O–H groups in total. The zero-order valence-electron chi connectivity index (χ0n) is 15.5. The van der Waals surface area contributed by atoms with Gasteiger partial charge < -0.3 is 25.4 Å². The molecular formula is C18H25F2N3O4. The van der Waals surface area contributed by atoms with Gasteiger partial charge in [-0.1, -0.05) is 6.07 Å². The number of alkyl halides is 2. The predicted octanol–water partition coefficient (Wildman–Crippen LogP) is 0.805. The summed E-state index contributed by atoms with van der Waals surface area (Å²) in [6.07, 6.45) is 0.595. The molecule has 1 aromatic carbocycles. The Morgan fingerprint density at radius 3 is 2.67 bits per heavy atom. The van der Waals surface area contributed by atoms with Crippen molar-refractivity contribution < 1.29 is 27.8 Å². The van der Waals surface area contributed by atoms with Crippen LogP contribution in [-0.2, 0) is 16.0 Å². The first kappa shape index (κ1) is 20.9. The van der Waals surface area contributed by atoms with Crippen molar-refractivity contribution in [2.24, 2.45) is 11.7 Å². The molecule has 2 rings (SSSR count). The minimum Gasteiger partial charge on any atom is -0.493 e. The van der Waals surface area contributed by atoms with Gasteiger partial charge in [0.1, 0.15) is 0 Å². The number of halogens is 2. The zero-order valence-corrected chi connectivity index (χ0v) is 15.5. The summed E-state index contributed by atoms with van der Waals surface area (Å²) < 4.78 is 36.7. The van der Waals surface area contributed by atoms with Crippen molar-refractivity contribution in [3.8, 4) is 11.5 Å². The molecule has 1 atom stereocenters. The maximum Gasteiger partial charge on any atom is 0.277 e. The van der Waals surface area contributed by atoms with Gasteiger partial charge in [0.25, 0.3) is 5.92 Å². The van der Waals surface area contributed by atoms with Crippen molar-refractivity contribution in [1.29, 1.82) is 0 Å². The fraction of sp³-hybridized carbons (Fsp3) is 0.556. The Labute approximate surface area is 156 Å². The van der Waals surface area contributed by atoms with Crippen molar-refractivity contribution in [3.05, 3.63) is 23.8 Å². The number of rotatable bonds is 9. The van der Waals surface area contributed by atoms with E-state index in [1.807, 2.05) is 12.1 Å². The highest BCUT2D eigenvalue weighted by molar-refractivity contribution is 5.89. The lowest BCUT2D eigenvalue weighted by atomic mass is 10.1. The quantitative estimate of drug-likeness (QED) is 0.656. The fourth-order valence-corrected chi connectivity index (χ4v) is 2.90. The second kappa shape index (κ2) is 8.98. The number of nitrogens with one attached hydrogen (secondary N) is 1. The number of amides is 2. The van der Waals surface area contributed by atoms with Crippen molar-refractivity contribution in [2.45, 2.75) is 18.8 Å². The molecule has 7 nitrogen and oxygen atoms in total. The molecule has 2 amide bonds. The maximum atomic E-state index is 13.1. The van der Waals surface area contributed by atoms with E-state index >= 15 is 0 Å².